The number of nitrogens with zero attached hydrogens (tertiary/aromatic N) is 4. The number of hydrogen-bond acceptors (Lipinski definition) is 2. The van der Waals surface area contributed by atoms with Gasteiger partial charge in [0.2, 0.25) is 0 Å². The Kier molecular flexibility index (Phi) is 7.05. The fourth-order valence-corrected chi connectivity index (χ4v) is 6.33. The smallest absolute Gasteiger partial charge is 0.168 e. The Morgan fingerprint density at radius 2 is 1.24 bits per heavy atom. The summed E-state index contributed by atoms with van der Waals surface area (Å²) in [7, 11) is 0. The number of rotatable bonds is 8. The van der Waals surface area contributed by atoms with Crippen molar-refractivity contribution in [2.24, 2.45) is 0 Å². The van der Waals surface area contributed by atoms with Crippen LogP contribution in [0.2, 0.25) is 0 Å². The van der Waals surface area contributed by atoms with Crippen molar-refractivity contribution in [2.45, 2.75) is 52.4 Å². The summed E-state index contributed by atoms with van der Waals surface area (Å²) in [5.41, 5.74) is 9.79. The Hall–Kier alpha value is -4.70. The standard InChI is InChI=1S/C38H36N4/c1-3-11-27-17-23-35-33(25-27)34-26-28(12-4-2)18-24-36(34)41(35)31-19-21-32(22-20-31)42-37(29-13-7-5-8-14-29)39-40-38(42)30-15-9-6-10-16-30/h5-9,13-15,17-26H,3-4,10-12,16H2,1-2H3. The minimum absolute atomic E-state index is 0.859. The second kappa shape index (κ2) is 11.3. The Morgan fingerprint density at radius 1 is 0.643 bits per heavy atom. The van der Waals surface area contributed by atoms with Gasteiger partial charge in [-0.1, -0.05) is 87.4 Å². The monoisotopic (exact) mass is 548 g/mol. The first-order valence-corrected chi connectivity index (χ1v) is 15.3. The highest BCUT2D eigenvalue weighted by atomic mass is 15.3. The fraction of sp³-hybridized carbons (Fsp3) is 0.211. The SMILES string of the molecule is CCCc1ccc2c(c1)c1cc(CCC)ccc1n2-c1ccc(-n2c(C3=CC=CCC3)nnc2-c2ccccc2)cc1. The third kappa shape index (κ3) is 4.67. The van der Waals surface area contributed by atoms with Gasteiger partial charge in [0, 0.05) is 27.7 Å². The zero-order valence-electron chi connectivity index (χ0n) is 24.4. The molecule has 0 bridgehead atoms. The van der Waals surface area contributed by atoms with Crippen LogP contribution in [0.15, 0.2) is 109 Å². The number of aromatic nitrogens is 4. The maximum Gasteiger partial charge on any atom is 0.168 e. The normalized spacial score (nSPS) is 13.2. The molecule has 2 heterocycles. The summed E-state index contributed by atoms with van der Waals surface area (Å²) in [5.74, 6) is 1.77. The largest absolute Gasteiger partial charge is 0.309 e. The molecule has 0 spiro atoms. The molecule has 0 fully saturated rings. The topological polar surface area (TPSA) is 35.6 Å². The van der Waals surface area contributed by atoms with E-state index in [1.165, 1.54) is 38.5 Å². The molecule has 4 aromatic carbocycles. The maximum absolute atomic E-state index is 4.70. The van der Waals surface area contributed by atoms with Gasteiger partial charge in [-0.15, -0.1) is 10.2 Å². The van der Waals surface area contributed by atoms with Crippen LogP contribution in [-0.2, 0) is 12.8 Å². The van der Waals surface area contributed by atoms with Crippen molar-refractivity contribution < 1.29 is 0 Å². The quantitative estimate of drug-likeness (QED) is 0.190. The van der Waals surface area contributed by atoms with Gasteiger partial charge < -0.3 is 4.57 Å². The molecular formula is C38H36N4. The average molecular weight is 549 g/mol. The average Bonchev–Trinajstić information content (AvgIpc) is 3.62. The summed E-state index contributed by atoms with van der Waals surface area (Å²) in [5, 5.41) is 12.1. The number of benzene rings is 4. The molecule has 0 N–H and O–H groups in total. The van der Waals surface area contributed by atoms with E-state index in [0.717, 1.165) is 67.1 Å². The zero-order valence-corrected chi connectivity index (χ0v) is 24.4. The summed E-state index contributed by atoms with van der Waals surface area (Å²) in [6, 6.07) is 33.3. The Balaban J connectivity index is 1.38. The van der Waals surface area contributed by atoms with E-state index < -0.39 is 0 Å². The van der Waals surface area contributed by atoms with Crippen molar-refractivity contribution in [3.8, 4) is 22.8 Å². The van der Waals surface area contributed by atoms with Crippen LogP contribution < -0.4 is 0 Å². The molecule has 2 aromatic heterocycles. The second-order valence-corrected chi connectivity index (χ2v) is 11.3. The van der Waals surface area contributed by atoms with Crippen LogP contribution >= 0.6 is 0 Å². The van der Waals surface area contributed by atoms with E-state index in [2.05, 4.69) is 131 Å². The molecule has 0 saturated carbocycles. The Morgan fingerprint density at radius 3 is 1.81 bits per heavy atom. The summed E-state index contributed by atoms with van der Waals surface area (Å²) in [4.78, 5) is 0. The maximum atomic E-state index is 4.70. The molecule has 0 atom stereocenters. The van der Waals surface area contributed by atoms with Crippen molar-refractivity contribution >= 4 is 27.4 Å². The van der Waals surface area contributed by atoms with Gasteiger partial charge in [-0.25, -0.2) is 0 Å². The van der Waals surface area contributed by atoms with Gasteiger partial charge in [0.1, 0.15) is 0 Å². The summed E-state index contributed by atoms with van der Waals surface area (Å²) in [6.07, 6.45) is 13.0. The first kappa shape index (κ1) is 26.2. The van der Waals surface area contributed by atoms with E-state index in [-0.39, 0.29) is 0 Å². The predicted octanol–water partition coefficient (Wildman–Crippen LogP) is 9.67. The lowest BCUT2D eigenvalue weighted by Gasteiger charge is -2.15. The number of allylic oxidation sites excluding steroid dienone is 4. The molecule has 0 amide bonds. The Labute approximate surface area is 247 Å². The van der Waals surface area contributed by atoms with Crippen LogP contribution in [0.3, 0.4) is 0 Å². The molecule has 208 valence electrons. The van der Waals surface area contributed by atoms with Crippen molar-refractivity contribution in [1.82, 2.24) is 19.3 Å². The first-order valence-electron chi connectivity index (χ1n) is 15.3. The van der Waals surface area contributed by atoms with Crippen molar-refractivity contribution in [3.05, 3.63) is 126 Å². The van der Waals surface area contributed by atoms with E-state index in [9.17, 15) is 0 Å². The fourth-order valence-electron chi connectivity index (χ4n) is 6.33. The van der Waals surface area contributed by atoms with E-state index >= 15 is 0 Å². The molecule has 1 aliphatic carbocycles. The predicted molar refractivity (Wildman–Crippen MR) is 175 cm³/mol. The van der Waals surface area contributed by atoms with E-state index in [0.29, 0.717) is 0 Å². The molecule has 6 aromatic rings. The van der Waals surface area contributed by atoms with Crippen molar-refractivity contribution in [1.29, 1.82) is 0 Å². The molecule has 0 aliphatic heterocycles. The van der Waals surface area contributed by atoms with Crippen LogP contribution in [0.4, 0.5) is 0 Å². The Bertz CT molecular complexity index is 1870. The highest BCUT2D eigenvalue weighted by molar-refractivity contribution is 6.09. The number of aryl methyl sites for hydroxylation is 2. The molecule has 0 saturated heterocycles. The molecular weight excluding hydrogens is 512 g/mol. The minimum atomic E-state index is 0.859. The number of hydrogen-bond donors (Lipinski definition) is 0. The highest BCUT2D eigenvalue weighted by Crippen LogP contribution is 2.35. The number of fused-ring (bicyclic) bond motifs is 3. The molecule has 0 unspecified atom stereocenters. The van der Waals surface area contributed by atoms with E-state index in [4.69, 9.17) is 5.10 Å². The minimum Gasteiger partial charge on any atom is -0.309 e. The van der Waals surface area contributed by atoms with Gasteiger partial charge in [-0.3, -0.25) is 4.57 Å². The van der Waals surface area contributed by atoms with Crippen LogP contribution in [0.1, 0.15) is 56.5 Å². The third-order valence-electron chi connectivity index (χ3n) is 8.33. The zero-order chi connectivity index (χ0) is 28.5. The molecule has 7 rings (SSSR count). The molecule has 0 radical (unpaired) electrons. The lowest BCUT2D eigenvalue weighted by molar-refractivity contribution is 0.923. The van der Waals surface area contributed by atoms with Gasteiger partial charge >= 0.3 is 0 Å². The van der Waals surface area contributed by atoms with Crippen LogP contribution in [-0.4, -0.2) is 19.3 Å². The van der Waals surface area contributed by atoms with E-state index in [1.807, 2.05) is 6.07 Å². The van der Waals surface area contributed by atoms with Crippen LogP contribution in [0, 0.1) is 0 Å². The molecule has 1 aliphatic rings. The lowest BCUT2D eigenvalue weighted by Crippen LogP contribution is -2.04. The molecule has 42 heavy (non-hydrogen) atoms. The van der Waals surface area contributed by atoms with E-state index in [1.54, 1.807) is 0 Å². The van der Waals surface area contributed by atoms with Crippen LogP contribution in [0.25, 0.3) is 50.1 Å². The highest BCUT2D eigenvalue weighted by Gasteiger charge is 2.20. The van der Waals surface area contributed by atoms with Crippen molar-refractivity contribution in [3.63, 3.8) is 0 Å². The van der Waals surface area contributed by atoms with Gasteiger partial charge in [0.05, 0.1) is 11.0 Å². The van der Waals surface area contributed by atoms with Gasteiger partial charge in [0.25, 0.3) is 0 Å². The first-order chi connectivity index (χ1) is 20.7. The second-order valence-electron chi connectivity index (χ2n) is 11.3. The van der Waals surface area contributed by atoms with Crippen molar-refractivity contribution in [2.75, 3.05) is 0 Å². The molecule has 4 nitrogen and oxygen atoms in total. The summed E-state index contributed by atoms with van der Waals surface area (Å²) >= 11 is 0. The lowest BCUT2D eigenvalue weighted by atomic mass is 10.0. The van der Waals surface area contributed by atoms with Gasteiger partial charge in [0.15, 0.2) is 11.6 Å². The van der Waals surface area contributed by atoms with Crippen LogP contribution in [0.5, 0.6) is 0 Å². The summed E-state index contributed by atoms with van der Waals surface area (Å²) in [6.45, 7) is 4.50. The molecule has 4 heteroatoms. The summed E-state index contributed by atoms with van der Waals surface area (Å²) < 4.78 is 4.63. The third-order valence-corrected chi connectivity index (χ3v) is 8.33. The van der Waals surface area contributed by atoms with Gasteiger partial charge in [-0.2, -0.15) is 0 Å². The van der Waals surface area contributed by atoms with Gasteiger partial charge in [-0.05, 0) is 90.9 Å².